The zero-order valence-corrected chi connectivity index (χ0v) is 15.0. The van der Waals surface area contributed by atoms with Gasteiger partial charge in [-0.2, -0.15) is 4.98 Å². The first-order valence-electron chi connectivity index (χ1n) is 8.51. The van der Waals surface area contributed by atoms with E-state index in [4.69, 9.17) is 16.1 Å². The lowest BCUT2D eigenvalue weighted by atomic mass is 9.95. The van der Waals surface area contributed by atoms with E-state index in [2.05, 4.69) is 25.3 Å². The Morgan fingerprint density at radius 3 is 2.81 bits per heavy atom. The minimum Gasteiger partial charge on any atom is -0.356 e. The Morgan fingerprint density at radius 2 is 2.04 bits per heavy atom. The molecule has 8 heteroatoms. The molecule has 3 aromatic rings. The predicted molar refractivity (Wildman–Crippen MR) is 99.4 cm³/mol. The van der Waals surface area contributed by atoms with Crippen LogP contribution < -0.4 is 10.2 Å². The zero-order chi connectivity index (χ0) is 18.1. The summed E-state index contributed by atoms with van der Waals surface area (Å²) >= 11 is 6.12. The van der Waals surface area contributed by atoms with Crippen molar-refractivity contribution in [3.63, 3.8) is 0 Å². The molecule has 0 atom stereocenters. The molecular formula is C18H18ClN5O2. The first-order chi connectivity index (χ1) is 12.6. The number of rotatable bonds is 3. The predicted octanol–water partition coefficient (Wildman–Crippen LogP) is 3.43. The van der Waals surface area contributed by atoms with Gasteiger partial charge in [0.2, 0.25) is 5.91 Å². The number of hydrogen-bond donors (Lipinski definition) is 1. The number of piperidine rings is 1. The number of amides is 1. The second-order valence-corrected chi connectivity index (χ2v) is 6.78. The second kappa shape index (κ2) is 6.92. The summed E-state index contributed by atoms with van der Waals surface area (Å²) in [6.45, 7) is 3.34. The fourth-order valence-corrected chi connectivity index (χ4v) is 3.48. The maximum atomic E-state index is 12.5. The molecule has 1 amide bonds. The van der Waals surface area contributed by atoms with Crippen molar-refractivity contribution >= 4 is 40.1 Å². The smallest absolute Gasteiger partial charge is 0.263 e. The zero-order valence-electron chi connectivity index (χ0n) is 14.3. The minimum absolute atomic E-state index is 0.00624. The number of para-hydroxylation sites is 1. The molecule has 26 heavy (non-hydrogen) atoms. The Labute approximate surface area is 155 Å². The molecule has 7 nitrogen and oxygen atoms in total. The highest BCUT2D eigenvalue weighted by molar-refractivity contribution is 6.33. The van der Waals surface area contributed by atoms with Crippen LogP contribution in [0.3, 0.4) is 0 Å². The lowest BCUT2D eigenvalue weighted by molar-refractivity contribution is -0.120. The van der Waals surface area contributed by atoms with Crippen molar-refractivity contribution in [3.05, 3.63) is 41.3 Å². The van der Waals surface area contributed by atoms with Gasteiger partial charge in [-0.15, -0.1) is 0 Å². The van der Waals surface area contributed by atoms with Crippen molar-refractivity contribution in [2.45, 2.75) is 19.8 Å². The number of carbonyl (C=O) groups excluding carboxylic acids is 1. The van der Waals surface area contributed by atoms with Crippen LogP contribution in [0.25, 0.3) is 11.1 Å². The van der Waals surface area contributed by atoms with Gasteiger partial charge in [0.15, 0.2) is 0 Å². The Kier molecular flexibility index (Phi) is 4.46. The standard InChI is InChI=1S/C18H18ClN5O2/c1-11-15-16(20-10-21-18(15)26-23-11)24-8-6-12(7-9-24)17(25)22-14-5-3-2-4-13(14)19/h2-5,10,12H,6-9H2,1H3,(H,22,25). The number of aromatic nitrogens is 3. The summed E-state index contributed by atoms with van der Waals surface area (Å²) in [4.78, 5) is 23.2. The molecular weight excluding hydrogens is 354 g/mol. The number of nitrogens with zero attached hydrogens (tertiary/aromatic N) is 4. The topological polar surface area (TPSA) is 84.2 Å². The van der Waals surface area contributed by atoms with E-state index < -0.39 is 0 Å². The lowest BCUT2D eigenvalue weighted by Crippen LogP contribution is -2.38. The number of halogens is 1. The van der Waals surface area contributed by atoms with E-state index in [0.717, 1.165) is 42.8 Å². The highest BCUT2D eigenvalue weighted by Crippen LogP contribution is 2.30. The number of nitrogens with one attached hydrogen (secondary N) is 1. The summed E-state index contributed by atoms with van der Waals surface area (Å²) < 4.78 is 5.21. The van der Waals surface area contributed by atoms with Gasteiger partial charge in [-0.3, -0.25) is 4.79 Å². The van der Waals surface area contributed by atoms with Gasteiger partial charge >= 0.3 is 0 Å². The van der Waals surface area contributed by atoms with Crippen molar-refractivity contribution in [2.75, 3.05) is 23.3 Å². The van der Waals surface area contributed by atoms with Gasteiger partial charge in [-0.25, -0.2) is 4.98 Å². The molecule has 1 N–H and O–H groups in total. The van der Waals surface area contributed by atoms with E-state index in [1.54, 1.807) is 6.07 Å². The van der Waals surface area contributed by atoms with Gasteiger partial charge in [0.25, 0.3) is 5.71 Å². The highest BCUT2D eigenvalue weighted by Gasteiger charge is 2.27. The van der Waals surface area contributed by atoms with E-state index in [0.29, 0.717) is 16.4 Å². The molecule has 0 spiro atoms. The quantitative estimate of drug-likeness (QED) is 0.759. The third-order valence-electron chi connectivity index (χ3n) is 4.72. The SMILES string of the molecule is Cc1noc2ncnc(N3CCC(C(=O)Nc4ccccc4Cl)CC3)c12. The molecule has 2 aromatic heterocycles. The largest absolute Gasteiger partial charge is 0.356 e. The van der Waals surface area contributed by atoms with Crippen molar-refractivity contribution in [1.29, 1.82) is 0 Å². The maximum Gasteiger partial charge on any atom is 0.263 e. The molecule has 1 fully saturated rings. The molecule has 0 aliphatic carbocycles. The molecule has 134 valence electrons. The Balaban J connectivity index is 1.45. The van der Waals surface area contributed by atoms with Crippen LogP contribution >= 0.6 is 11.6 Å². The summed E-state index contributed by atoms with van der Waals surface area (Å²) in [5, 5.41) is 8.28. The van der Waals surface area contributed by atoms with E-state index in [-0.39, 0.29) is 11.8 Å². The number of hydrogen-bond acceptors (Lipinski definition) is 6. The Bertz CT molecular complexity index is 950. The van der Waals surface area contributed by atoms with Crippen LogP contribution in [-0.2, 0) is 4.79 Å². The van der Waals surface area contributed by atoms with E-state index in [1.165, 1.54) is 6.33 Å². The number of aryl methyl sites for hydroxylation is 1. The second-order valence-electron chi connectivity index (χ2n) is 6.38. The van der Waals surface area contributed by atoms with Crippen molar-refractivity contribution in [3.8, 4) is 0 Å². The van der Waals surface area contributed by atoms with Gasteiger partial charge in [0, 0.05) is 19.0 Å². The Morgan fingerprint density at radius 1 is 1.27 bits per heavy atom. The molecule has 0 unspecified atom stereocenters. The molecule has 1 aliphatic rings. The van der Waals surface area contributed by atoms with Crippen LogP contribution in [0.4, 0.5) is 11.5 Å². The Hall–Kier alpha value is -2.67. The van der Waals surface area contributed by atoms with Crippen LogP contribution in [0.2, 0.25) is 5.02 Å². The molecule has 0 saturated carbocycles. The van der Waals surface area contributed by atoms with Crippen LogP contribution in [0.1, 0.15) is 18.5 Å². The molecule has 1 aromatic carbocycles. The van der Waals surface area contributed by atoms with Crippen molar-refractivity contribution in [2.24, 2.45) is 5.92 Å². The van der Waals surface area contributed by atoms with Gasteiger partial charge in [-0.05, 0) is 31.9 Å². The lowest BCUT2D eigenvalue weighted by Gasteiger charge is -2.32. The van der Waals surface area contributed by atoms with Gasteiger partial charge in [-0.1, -0.05) is 28.9 Å². The third-order valence-corrected chi connectivity index (χ3v) is 5.05. The first kappa shape index (κ1) is 16.8. The van der Waals surface area contributed by atoms with Crippen LogP contribution in [0.15, 0.2) is 35.1 Å². The summed E-state index contributed by atoms with van der Waals surface area (Å²) in [6, 6.07) is 7.26. The first-order valence-corrected chi connectivity index (χ1v) is 8.88. The monoisotopic (exact) mass is 371 g/mol. The van der Waals surface area contributed by atoms with Crippen molar-refractivity contribution < 1.29 is 9.32 Å². The summed E-state index contributed by atoms with van der Waals surface area (Å²) in [5.74, 6) is 0.772. The van der Waals surface area contributed by atoms with Gasteiger partial charge < -0.3 is 14.7 Å². The molecule has 3 heterocycles. The van der Waals surface area contributed by atoms with Crippen LogP contribution in [0, 0.1) is 12.8 Å². The molecule has 4 rings (SSSR count). The fraction of sp³-hybridized carbons (Fsp3) is 0.333. The number of benzene rings is 1. The average molecular weight is 372 g/mol. The number of fused-ring (bicyclic) bond motifs is 1. The molecule has 1 saturated heterocycles. The van der Waals surface area contributed by atoms with Crippen molar-refractivity contribution in [1.82, 2.24) is 15.1 Å². The highest BCUT2D eigenvalue weighted by atomic mass is 35.5. The number of anilines is 2. The third kappa shape index (κ3) is 3.10. The maximum absolute atomic E-state index is 12.5. The fourth-order valence-electron chi connectivity index (χ4n) is 3.29. The minimum atomic E-state index is -0.0524. The van der Waals surface area contributed by atoms with Crippen LogP contribution in [0.5, 0.6) is 0 Å². The summed E-state index contributed by atoms with van der Waals surface area (Å²) in [6.07, 6.45) is 2.97. The number of carbonyl (C=O) groups is 1. The summed E-state index contributed by atoms with van der Waals surface area (Å²) in [7, 11) is 0. The molecule has 0 bridgehead atoms. The normalized spacial score (nSPS) is 15.4. The van der Waals surface area contributed by atoms with Gasteiger partial charge in [0.1, 0.15) is 17.5 Å². The van der Waals surface area contributed by atoms with E-state index in [1.807, 2.05) is 25.1 Å². The molecule has 0 radical (unpaired) electrons. The van der Waals surface area contributed by atoms with E-state index >= 15 is 0 Å². The average Bonchev–Trinajstić information content (AvgIpc) is 3.05. The van der Waals surface area contributed by atoms with Gasteiger partial charge in [0.05, 0.1) is 16.4 Å². The summed E-state index contributed by atoms with van der Waals surface area (Å²) in [5.41, 5.74) is 1.92. The van der Waals surface area contributed by atoms with Crippen LogP contribution in [-0.4, -0.2) is 34.1 Å². The van der Waals surface area contributed by atoms with E-state index in [9.17, 15) is 4.79 Å². The molecule has 1 aliphatic heterocycles.